The average Bonchev–Trinajstić information content (AvgIpc) is 2.53. The van der Waals surface area contributed by atoms with E-state index in [2.05, 4.69) is 4.72 Å². The molecule has 1 fully saturated rings. The third-order valence-corrected chi connectivity index (χ3v) is 5.64. The molecule has 1 aromatic carbocycles. The Morgan fingerprint density at radius 3 is 2.38 bits per heavy atom. The maximum Gasteiger partial charge on any atom is 0.391 e. The van der Waals surface area contributed by atoms with Crippen LogP contribution in [0, 0.1) is 5.92 Å². The number of nitrogens with one attached hydrogen (secondary N) is 1. The maximum atomic E-state index is 12.8. The lowest BCUT2D eigenvalue weighted by Crippen LogP contribution is -2.41. The third-order valence-electron chi connectivity index (χ3n) is 4.12. The van der Waals surface area contributed by atoms with Crippen molar-refractivity contribution in [3.05, 3.63) is 18.2 Å². The number of halogens is 3. The minimum absolute atomic E-state index is 0.0398. The molecule has 0 heterocycles. The molecule has 1 N–H and O–H groups in total. The molecule has 1 aromatic rings. The largest absolute Gasteiger partial charge is 0.493 e. The Morgan fingerprint density at radius 2 is 1.79 bits per heavy atom. The summed E-state index contributed by atoms with van der Waals surface area (Å²) in [7, 11) is -1.15. The predicted octanol–water partition coefficient (Wildman–Crippen LogP) is 3.10. The number of rotatable bonds is 5. The minimum atomic E-state index is -4.30. The lowest BCUT2D eigenvalue weighted by Gasteiger charge is -2.30. The van der Waals surface area contributed by atoms with Gasteiger partial charge in [-0.25, -0.2) is 13.1 Å². The smallest absolute Gasteiger partial charge is 0.391 e. The van der Waals surface area contributed by atoms with Gasteiger partial charge in [0.1, 0.15) is 0 Å². The first-order chi connectivity index (χ1) is 11.2. The van der Waals surface area contributed by atoms with Gasteiger partial charge in [0.15, 0.2) is 11.5 Å². The summed E-state index contributed by atoms with van der Waals surface area (Å²) in [6.45, 7) is 0. The van der Waals surface area contributed by atoms with Crippen LogP contribution in [0.5, 0.6) is 11.5 Å². The lowest BCUT2D eigenvalue weighted by molar-refractivity contribution is -0.183. The molecule has 0 amide bonds. The summed E-state index contributed by atoms with van der Waals surface area (Å²) >= 11 is 0. The quantitative estimate of drug-likeness (QED) is 0.869. The van der Waals surface area contributed by atoms with Crippen LogP contribution >= 0.6 is 0 Å². The molecule has 1 aliphatic carbocycles. The Hall–Kier alpha value is -1.48. The zero-order valence-corrected chi connectivity index (χ0v) is 14.2. The summed E-state index contributed by atoms with van der Waals surface area (Å²) in [5.41, 5.74) is 0. The first-order valence-electron chi connectivity index (χ1n) is 7.48. The first kappa shape index (κ1) is 18.9. The highest BCUT2D eigenvalue weighted by Gasteiger charge is 2.42. The van der Waals surface area contributed by atoms with E-state index in [-0.39, 0.29) is 23.5 Å². The number of sulfonamides is 1. The van der Waals surface area contributed by atoms with Crippen molar-refractivity contribution in [1.82, 2.24) is 4.72 Å². The molecule has 136 valence electrons. The molecule has 24 heavy (non-hydrogen) atoms. The molecule has 0 unspecified atom stereocenters. The van der Waals surface area contributed by atoms with Crippen molar-refractivity contribution in [2.24, 2.45) is 5.92 Å². The van der Waals surface area contributed by atoms with Crippen molar-refractivity contribution in [2.45, 2.75) is 42.8 Å². The van der Waals surface area contributed by atoms with Crippen molar-refractivity contribution in [1.29, 1.82) is 0 Å². The molecule has 0 saturated heterocycles. The number of benzene rings is 1. The van der Waals surface area contributed by atoms with E-state index in [4.69, 9.17) is 9.47 Å². The van der Waals surface area contributed by atoms with Gasteiger partial charge in [0.05, 0.1) is 25.0 Å². The fourth-order valence-corrected chi connectivity index (χ4v) is 4.16. The van der Waals surface area contributed by atoms with Crippen molar-refractivity contribution < 1.29 is 31.1 Å². The van der Waals surface area contributed by atoms with Crippen LogP contribution in [0.25, 0.3) is 0 Å². The Bertz CT molecular complexity index is 676. The van der Waals surface area contributed by atoms with Gasteiger partial charge in [0, 0.05) is 12.1 Å². The van der Waals surface area contributed by atoms with E-state index < -0.39 is 28.2 Å². The minimum Gasteiger partial charge on any atom is -0.493 e. The molecule has 2 atom stereocenters. The van der Waals surface area contributed by atoms with E-state index in [1.165, 1.54) is 32.4 Å². The molecule has 1 aliphatic rings. The van der Waals surface area contributed by atoms with E-state index in [0.29, 0.717) is 18.6 Å². The average molecular weight is 367 g/mol. The molecule has 1 saturated carbocycles. The van der Waals surface area contributed by atoms with Crippen LogP contribution in [0.15, 0.2) is 23.1 Å². The van der Waals surface area contributed by atoms with E-state index in [0.717, 1.165) is 0 Å². The van der Waals surface area contributed by atoms with E-state index >= 15 is 0 Å². The van der Waals surface area contributed by atoms with Crippen LogP contribution < -0.4 is 14.2 Å². The summed E-state index contributed by atoms with van der Waals surface area (Å²) < 4.78 is 75.9. The highest BCUT2D eigenvalue weighted by atomic mass is 32.2. The molecular formula is C15H20F3NO4S. The Labute approximate surface area is 139 Å². The third kappa shape index (κ3) is 4.32. The van der Waals surface area contributed by atoms with Gasteiger partial charge < -0.3 is 9.47 Å². The van der Waals surface area contributed by atoms with Crippen LogP contribution in [0.3, 0.4) is 0 Å². The fraction of sp³-hybridized carbons (Fsp3) is 0.600. The predicted molar refractivity (Wildman–Crippen MR) is 81.7 cm³/mol. The normalized spacial score (nSPS) is 22.2. The Balaban J connectivity index is 2.16. The zero-order valence-electron chi connectivity index (χ0n) is 13.4. The van der Waals surface area contributed by atoms with E-state index in [1.54, 1.807) is 0 Å². The molecule has 9 heteroatoms. The van der Waals surface area contributed by atoms with Gasteiger partial charge in [-0.2, -0.15) is 13.2 Å². The molecule has 0 spiro atoms. The van der Waals surface area contributed by atoms with Crippen molar-refractivity contribution in [3.63, 3.8) is 0 Å². The summed E-state index contributed by atoms with van der Waals surface area (Å²) in [4.78, 5) is -0.0747. The maximum absolute atomic E-state index is 12.8. The SMILES string of the molecule is COc1ccc(S(=O)(=O)N[C@H]2CCC[C@H](C(F)(F)F)C2)cc1OC. The zero-order chi connectivity index (χ0) is 18.0. The van der Waals surface area contributed by atoms with Gasteiger partial charge in [-0.3, -0.25) is 0 Å². The second-order valence-electron chi connectivity index (χ2n) is 5.74. The number of hydrogen-bond acceptors (Lipinski definition) is 4. The van der Waals surface area contributed by atoms with Crippen LogP contribution in [0.1, 0.15) is 25.7 Å². The van der Waals surface area contributed by atoms with Crippen LogP contribution in [-0.2, 0) is 10.0 Å². The highest BCUT2D eigenvalue weighted by Crippen LogP contribution is 2.38. The second-order valence-corrected chi connectivity index (χ2v) is 7.45. The highest BCUT2D eigenvalue weighted by molar-refractivity contribution is 7.89. The summed E-state index contributed by atoms with van der Waals surface area (Å²) in [6.07, 6.45) is -3.77. The topological polar surface area (TPSA) is 64.6 Å². The summed E-state index contributed by atoms with van der Waals surface area (Å²) in [6, 6.07) is 3.31. The van der Waals surface area contributed by atoms with Gasteiger partial charge in [0.25, 0.3) is 0 Å². The van der Waals surface area contributed by atoms with E-state index in [1.807, 2.05) is 0 Å². The summed E-state index contributed by atoms with van der Waals surface area (Å²) in [5, 5.41) is 0. The van der Waals surface area contributed by atoms with Crippen LogP contribution in [-0.4, -0.2) is 34.9 Å². The fourth-order valence-electron chi connectivity index (χ4n) is 2.87. The second kappa shape index (κ2) is 7.18. The molecule has 0 bridgehead atoms. The monoisotopic (exact) mass is 367 g/mol. The standard InChI is InChI=1S/C15H20F3NO4S/c1-22-13-7-6-12(9-14(13)23-2)24(20,21)19-11-5-3-4-10(8-11)15(16,17)18/h6-7,9-11,19H,3-5,8H2,1-2H3/t10-,11-/m0/s1. The Morgan fingerprint density at radius 1 is 1.12 bits per heavy atom. The van der Waals surface area contributed by atoms with Gasteiger partial charge >= 0.3 is 6.18 Å². The van der Waals surface area contributed by atoms with Gasteiger partial charge in [0.2, 0.25) is 10.0 Å². The number of hydrogen-bond donors (Lipinski definition) is 1. The van der Waals surface area contributed by atoms with Gasteiger partial charge in [-0.1, -0.05) is 6.42 Å². The summed E-state index contributed by atoms with van der Waals surface area (Å²) in [5.74, 6) is -0.868. The molecule has 5 nitrogen and oxygen atoms in total. The molecule has 0 aromatic heterocycles. The molecular weight excluding hydrogens is 347 g/mol. The number of ether oxygens (including phenoxy) is 2. The molecule has 0 aliphatic heterocycles. The van der Waals surface area contributed by atoms with Crippen LogP contribution in [0.4, 0.5) is 13.2 Å². The van der Waals surface area contributed by atoms with Crippen molar-refractivity contribution >= 4 is 10.0 Å². The first-order valence-corrected chi connectivity index (χ1v) is 8.96. The Kier molecular flexibility index (Phi) is 5.64. The number of methoxy groups -OCH3 is 2. The van der Waals surface area contributed by atoms with Crippen LogP contribution in [0.2, 0.25) is 0 Å². The molecule has 2 rings (SSSR count). The van der Waals surface area contributed by atoms with Gasteiger partial charge in [-0.05, 0) is 31.4 Å². The van der Waals surface area contributed by atoms with Crippen molar-refractivity contribution in [2.75, 3.05) is 14.2 Å². The van der Waals surface area contributed by atoms with Gasteiger partial charge in [-0.15, -0.1) is 0 Å². The van der Waals surface area contributed by atoms with E-state index in [9.17, 15) is 21.6 Å². The van der Waals surface area contributed by atoms with Crippen molar-refractivity contribution in [3.8, 4) is 11.5 Å². The lowest BCUT2D eigenvalue weighted by atomic mass is 9.86. The number of alkyl halides is 3. The molecule has 0 radical (unpaired) electrons.